The third-order valence-corrected chi connectivity index (χ3v) is 4.38. The molecular formula is C16H17BrN2. The summed E-state index contributed by atoms with van der Waals surface area (Å²) >= 11 is 3.42. The van der Waals surface area contributed by atoms with E-state index in [4.69, 9.17) is 5.73 Å². The second-order valence-electron chi connectivity index (χ2n) is 5.31. The fourth-order valence-corrected chi connectivity index (χ4v) is 3.21. The zero-order valence-corrected chi connectivity index (χ0v) is 12.4. The first-order valence-corrected chi connectivity index (χ1v) is 7.44. The van der Waals surface area contributed by atoms with Crippen molar-refractivity contribution in [3.8, 4) is 0 Å². The number of aromatic nitrogens is 1. The summed E-state index contributed by atoms with van der Waals surface area (Å²) in [5.74, 6) is 0. The zero-order chi connectivity index (χ0) is 13.3. The Morgan fingerprint density at radius 2 is 2.05 bits per heavy atom. The van der Waals surface area contributed by atoms with Gasteiger partial charge in [0, 0.05) is 28.3 Å². The highest BCUT2D eigenvalue weighted by Gasteiger charge is 2.32. The lowest BCUT2D eigenvalue weighted by Crippen LogP contribution is -2.42. The topological polar surface area (TPSA) is 38.9 Å². The Balaban J connectivity index is 1.93. The number of hydrogen-bond donors (Lipinski definition) is 1. The molecule has 1 aliphatic rings. The molecule has 1 aromatic heterocycles. The van der Waals surface area contributed by atoms with Crippen LogP contribution in [0.3, 0.4) is 0 Å². The molecule has 0 spiro atoms. The van der Waals surface area contributed by atoms with Gasteiger partial charge in [-0.25, -0.2) is 0 Å². The van der Waals surface area contributed by atoms with E-state index in [1.165, 1.54) is 11.1 Å². The molecular weight excluding hydrogens is 300 g/mol. The predicted molar refractivity (Wildman–Crippen MR) is 80.9 cm³/mol. The molecule has 1 aromatic carbocycles. The van der Waals surface area contributed by atoms with E-state index >= 15 is 0 Å². The molecule has 0 radical (unpaired) electrons. The molecule has 0 saturated heterocycles. The first kappa shape index (κ1) is 12.8. The molecule has 0 aliphatic heterocycles. The van der Waals surface area contributed by atoms with Crippen LogP contribution in [0.25, 0.3) is 0 Å². The SMILES string of the molecule is NC1(Cc2ccc(Br)cn2)CCCc2ccccc21. The number of pyridine rings is 1. The lowest BCUT2D eigenvalue weighted by Gasteiger charge is -2.35. The van der Waals surface area contributed by atoms with E-state index in [-0.39, 0.29) is 5.54 Å². The maximum absolute atomic E-state index is 6.69. The van der Waals surface area contributed by atoms with Gasteiger partial charge in [0.2, 0.25) is 0 Å². The summed E-state index contributed by atoms with van der Waals surface area (Å²) in [4.78, 5) is 4.46. The number of hydrogen-bond acceptors (Lipinski definition) is 2. The summed E-state index contributed by atoms with van der Waals surface area (Å²) in [6.07, 6.45) is 5.97. The maximum atomic E-state index is 6.69. The minimum Gasteiger partial charge on any atom is -0.321 e. The molecule has 0 amide bonds. The molecule has 19 heavy (non-hydrogen) atoms. The summed E-state index contributed by atoms with van der Waals surface area (Å²) < 4.78 is 1.01. The van der Waals surface area contributed by atoms with E-state index in [9.17, 15) is 0 Å². The highest BCUT2D eigenvalue weighted by molar-refractivity contribution is 9.10. The quantitative estimate of drug-likeness (QED) is 0.919. The monoisotopic (exact) mass is 316 g/mol. The number of nitrogens with zero attached hydrogens (tertiary/aromatic N) is 1. The van der Waals surface area contributed by atoms with Crippen molar-refractivity contribution < 1.29 is 0 Å². The van der Waals surface area contributed by atoms with E-state index in [2.05, 4.69) is 51.2 Å². The fraction of sp³-hybridized carbons (Fsp3) is 0.312. The van der Waals surface area contributed by atoms with E-state index in [1.54, 1.807) is 0 Å². The lowest BCUT2D eigenvalue weighted by molar-refractivity contribution is 0.366. The van der Waals surface area contributed by atoms with Crippen molar-refractivity contribution in [2.75, 3.05) is 0 Å². The van der Waals surface area contributed by atoms with E-state index in [0.717, 1.165) is 35.8 Å². The first-order valence-electron chi connectivity index (χ1n) is 6.65. The van der Waals surface area contributed by atoms with Gasteiger partial charge in [-0.1, -0.05) is 24.3 Å². The van der Waals surface area contributed by atoms with Crippen molar-refractivity contribution >= 4 is 15.9 Å². The van der Waals surface area contributed by atoms with Crippen molar-refractivity contribution in [3.05, 3.63) is 63.9 Å². The van der Waals surface area contributed by atoms with Gasteiger partial charge in [-0.3, -0.25) is 4.98 Å². The Morgan fingerprint density at radius 3 is 2.84 bits per heavy atom. The third-order valence-electron chi connectivity index (χ3n) is 3.91. The summed E-state index contributed by atoms with van der Waals surface area (Å²) in [6.45, 7) is 0. The number of nitrogens with two attached hydrogens (primary N) is 1. The second kappa shape index (κ2) is 5.06. The molecule has 0 fully saturated rings. The van der Waals surface area contributed by atoms with E-state index in [0.29, 0.717) is 0 Å². The van der Waals surface area contributed by atoms with Gasteiger partial charge in [-0.05, 0) is 58.5 Å². The highest BCUT2D eigenvalue weighted by atomic mass is 79.9. The van der Waals surface area contributed by atoms with Crippen LogP contribution < -0.4 is 5.73 Å². The molecule has 0 bridgehead atoms. The van der Waals surface area contributed by atoms with Crippen LogP contribution in [0.4, 0.5) is 0 Å². The predicted octanol–water partition coefficient (Wildman–Crippen LogP) is 3.58. The first-order chi connectivity index (χ1) is 9.17. The lowest BCUT2D eigenvalue weighted by atomic mass is 9.74. The van der Waals surface area contributed by atoms with Crippen molar-refractivity contribution in [1.82, 2.24) is 4.98 Å². The van der Waals surface area contributed by atoms with Crippen LogP contribution in [-0.2, 0) is 18.4 Å². The normalized spacial score (nSPS) is 22.0. The van der Waals surface area contributed by atoms with Crippen molar-refractivity contribution in [2.45, 2.75) is 31.2 Å². The largest absolute Gasteiger partial charge is 0.321 e. The van der Waals surface area contributed by atoms with Gasteiger partial charge >= 0.3 is 0 Å². The number of fused-ring (bicyclic) bond motifs is 1. The molecule has 98 valence electrons. The van der Waals surface area contributed by atoms with Crippen LogP contribution in [0.2, 0.25) is 0 Å². The average Bonchev–Trinajstić information content (AvgIpc) is 2.42. The number of aryl methyl sites for hydroxylation is 1. The maximum Gasteiger partial charge on any atom is 0.0468 e. The van der Waals surface area contributed by atoms with Crippen LogP contribution >= 0.6 is 15.9 Å². The van der Waals surface area contributed by atoms with Crippen molar-refractivity contribution in [2.24, 2.45) is 5.73 Å². The Bertz CT molecular complexity index is 580. The molecule has 3 rings (SSSR count). The van der Waals surface area contributed by atoms with Crippen LogP contribution in [-0.4, -0.2) is 4.98 Å². The molecule has 2 nitrogen and oxygen atoms in total. The Kier molecular flexibility index (Phi) is 3.42. The molecule has 1 atom stereocenters. The minimum absolute atomic E-state index is 0.268. The van der Waals surface area contributed by atoms with Crippen LogP contribution in [0, 0.1) is 0 Å². The number of benzene rings is 1. The van der Waals surface area contributed by atoms with Gasteiger partial charge in [-0.2, -0.15) is 0 Å². The van der Waals surface area contributed by atoms with Gasteiger partial charge in [0.1, 0.15) is 0 Å². The van der Waals surface area contributed by atoms with Gasteiger partial charge in [-0.15, -0.1) is 0 Å². The van der Waals surface area contributed by atoms with Gasteiger partial charge in [0.25, 0.3) is 0 Å². The molecule has 1 unspecified atom stereocenters. The van der Waals surface area contributed by atoms with Crippen LogP contribution in [0.5, 0.6) is 0 Å². The summed E-state index contributed by atoms with van der Waals surface area (Å²) in [6, 6.07) is 12.6. The summed E-state index contributed by atoms with van der Waals surface area (Å²) in [7, 11) is 0. The Morgan fingerprint density at radius 1 is 1.21 bits per heavy atom. The van der Waals surface area contributed by atoms with Gasteiger partial charge < -0.3 is 5.73 Å². The third kappa shape index (κ3) is 2.58. The zero-order valence-electron chi connectivity index (χ0n) is 10.8. The Hall–Kier alpha value is -1.19. The Labute approximate surface area is 122 Å². The standard InChI is InChI=1S/C16H17BrN2/c17-13-7-8-14(19-11-13)10-16(18)9-3-5-12-4-1-2-6-15(12)16/h1-2,4,6-8,11H,3,5,9-10,18H2. The molecule has 2 N–H and O–H groups in total. The van der Waals surface area contributed by atoms with Crippen molar-refractivity contribution in [1.29, 1.82) is 0 Å². The molecule has 1 aliphatic carbocycles. The smallest absolute Gasteiger partial charge is 0.0468 e. The molecule has 3 heteroatoms. The van der Waals surface area contributed by atoms with Crippen molar-refractivity contribution in [3.63, 3.8) is 0 Å². The fourth-order valence-electron chi connectivity index (χ4n) is 2.97. The molecule has 0 saturated carbocycles. The van der Waals surface area contributed by atoms with Crippen LogP contribution in [0.1, 0.15) is 29.7 Å². The summed E-state index contributed by atoms with van der Waals surface area (Å²) in [5.41, 5.74) is 10.2. The highest BCUT2D eigenvalue weighted by Crippen LogP contribution is 2.35. The number of halogens is 1. The molecule has 2 aromatic rings. The summed E-state index contributed by atoms with van der Waals surface area (Å²) in [5, 5.41) is 0. The number of rotatable bonds is 2. The van der Waals surface area contributed by atoms with Crippen LogP contribution in [0.15, 0.2) is 47.1 Å². The molecule has 1 heterocycles. The van der Waals surface area contributed by atoms with E-state index < -0.39 is 0 Å². The van der Waals surface area contributed by atoms with E-state index in [1.807, 2.05) is 12.3 Å². The second-order valence-corrected chi connectivity index (χ2v) is 6.23. The average molecular weight is 317 g/mol. The van der Waals surface area contributed by atoms with Gasteiger partial charge in [0.15, 0.2) is 0 Å². The van der Waals surface area contributed by atoms with Gasteiger partial charge in [0.05, 0.1) is 0 Å². The minimum atomic E-state index is -0.268.